The summed E-state index contributed by atoms with van der Waals surface area (Å²) in [5, 5.41) is 4.49. The van der Waals surface area contributed by atoms with Crippen molar-refractivity contribution in [2.24, 2.45) is 4.99 Å². The summed E-state index contributed by atoms with van der Waals surface area (Å²) in [6.07, 6.45) is 1.12. The third-order valence-electron chi connectivity index (χ3n) is 4.94. The summed E-state index contributed by atoms with van der Waals surface area (Å²) in [4.78, 5) is 14.2. The van der Waals surface area contributed by atoms with Gasteiger partial charge in [0.25, 0.3) is 0 Å². The number of rotatable bonds is 8. The number of piperazine rings is 1. The van der Waals surface area contributed by atoms with Crippen LogP contribution < -0.4 is 10.2 Å². The van der Waals surface area contributed by atoms with Crippen molar-refractivity contribution in [3.8, 4) is 0 Å². The molecule has 1 N–H and O–H groups in total. The molecule has 1 aliphatic heterocycles. The second kappa shape index (κ2) is 13.2. The zero-order valence-electron chi connectivity index (χ0n) is 19.0. The van der Waals surface area contributed by atoms with Crippen LogP contribution in [0, 0.1) is 0 Å². The van der Waals surface area contributed by atoms with E-state index in [1.54, 1.807) is 0 Å². The van der Waals surface area contributed by atoms with Crippen LogP contribution in [-0.4, -0.2) is 59.0 Å². The van der Waals surface area contributed by atoms with Gasteiger partial charge in [-0.3, -0.25) is 0 Å². The Bertz CT molecular complexity index is 820. The SMILES string of the molecule is CCNC(=NCc1cccc(COC(C)C)c1)N1CCN(c2nc(CC)ns2)CC1.I. The first-order chi connectivity index (χ1) is 14.6. The molecule has 9 heteroatoms. The number of nitrogens with one attached hydrogen (secondary N) is 1. The Balaban J connectivity index is 0.00000341. The molecule has 1 saturated heterocycles. The van der Waals surface area contributed by atoms with Crippen molar-refractivity contribution < 1.29 is 4.74 Å². The van der Waals surface area contributed by atoms with E-state index in [9.17, 15) is 0 Å². The molecule has 1 aromatic carbocycles. The highest BCUT2D eigenvalue weighted by Crippen LogP contribution is 2.19. The Labute approximate surface area is 207 Å². The van der Waals surface area contributed by atoms with Gasteiger partial charge in [-0.2, -0.15) is 4.37 Å². The largest absolute Gasteiger partial charge is 0.374 e. The van der Waals surface area contributed by atoms with Gasteiger partial charge in [0, 0.05) is 50.7 Å². The monoisotopic (exact) mass is 558 g/mol. The summed E-state index contributed by atoms with van der Waals surface area (Å²) in [6, 6.07) is 8.51. The average Bonchev–Trinajstić information content (AvgIpc) is 3.25. The third kappa shape index (κ3) is 7.87. The molecule has 0 atom stereocenters. The maximum absolute atomic E-state index is 5.73. The molecule has 1 aromatic heterocycles. The van der Waals surface area contributed by atoms with Crippen LogP contribution in [0.3, 0.4) is 0 Å². The normalized spacial score (nSPS) is 14.7. The molecular formula is C22H35IN6OS. The molecule has 0 amide bonds. The van der Waals surface area contributed by atoms with Gasteiger partial charge in [0.15, 0.2) is 5.96 Å². The van der Waals surface area contributed by atoms with Crippen molar-refractivity contribution in [2.75, 3.05) is 37.6 Å². The highest BCUT2D eigenvalue weighted by Gasteiger charge is 2.22. The summed E-state index contributed by atoms with van der Waals surface area (Å²) in [5.41, 5.74) is 2.40. The van der Waals surface area contributed by atoms with E-state index in [1.165, 1.54) is 22.7 Å². The van der Waals surface area contributed by atoms with Gasteiger partial charge in [-0.05, 0) is 31.9 Å². The van der Waals surface area contributed by atoms with Crippen LogP contribution in [0.15, 0.2) is 29.3 Å². The van der Waals surface area contributed by atoms with E-state index in [4.69, 9.17) is 9.73 Å². The van der Waals surface area contributed by atoms with Crippen LogP contribution in [0.1, 0.15) is 44.6 Å². The smallest absolute Gasteiger partial charge is 0.205 e. The number of aromatic nitrogens is 2. The Morgan fingerprint density at radius 2 is 1.94 bits per heavy atom. The van der Waals surface area contributed by atoms with Crippen LogP contribution >= 0.6 is 35.5 Å². The molecule has 172 valence electrons. The number of aryl methyl sites for hydroxylation is 1. The molecule has 3 rings (SSSR count). The highest BCUT2D eigenvalue weighted by molar-refractivity contribution is 14.0. The first-order valence-electron chi connectivity index (χ1n) is 10.9. The summed E-state index contributed by atoms with van der Waals surface area (Å²) in [7, 11) is 0. The van der Waals surface area contributed by atoms with Gasteiger partial charge in [-0.15, -0.1) is 24.0 Å². The van der Waals surface area contributed by atoms with E-state index in [2.05, 4.69) is 76.4 Å². The first-order valence-corrected chi connectivity index (χ1v) is 11.7. The van der Waals surface area contributed by atoms with E-state index >= 15 is 0 Å². The average molecular weight is 559 g/mol. The lowest BCUT2D eigenvalue weighted by molar-refractivity contribution is 0.0657. The zero-order valence-corrected chi connectivity index (χ0v) is 22.2. The lowest BCUT2D eigenvalue weighted by Crippen LogP contribution is -2.52. The van der Waals surface area contributed by atoms with Gasteiger partial charge >= 0.3 is 0 Å². The van der Waals surface area contributed by atoms with Gasteiger partial charge in [0.1, 0.15) is 5.82 Å². The minimum absolute atomic E-state index is 0. The Morgan fingerprint density at radius 3 is 2.58 bits per heavy atom. The predicted molar refractivity (Wildman–Crippen MR) is 140 cm³/mol. The lowest BCUT2D eigenvalue weighted by atomic mass is 10.1. The number of hydrogen-bond donors (Lipinski definition) is 1. The van der Waals surface area contributed by atoms with Crippen LogP contribution in [-0.2, 0) is 24.3 Å². The Kier molecular flexibility index (Phi) is 11.0. The zero-order chi connectivity index (χ0) is 21.3. The molecule has 0 radical (unpaired) electrons. The molecule has 0 saturated carbocycles. The molecular weight excluding hydrogens is 523 g/mol. The van der Waals surface area contributed by atoms with Crippen molar-refractivity contribution in [3.05, 3.63) is 41.2 Å². The minimum Gasteiger partial charge on any atom is -0.374 e. The molecule has 0 aliphatic carbocycles. The van der Waals surface area contributed by atoms with E-state index in [0.717, 1.165) is 56.1 Å². The van der Waals surface area contributed by atoms with Gasteiger partial charge in [-0.1, -0.05) is 31.2 Å². The summed E-state index contributed by atoms with van der Waals surface area (Å²) in [6.45, 7) is 14.2. The fourth-order valence-electron chi connectivity index (χ4n) is 3.30. The number of hydrogen-bond acceptors (Lipinski definition) is 6. The van der Waals surface area contributed by atoms with E-state index in [1.807, 2.05) is 0 Å². The number of halogens is 1. The van der Waals surface area contributed by atoms with E-state index in [-0.39, 0.29) is 30.1 Å². The minimum atomic E-state index is 0. The molecule has 1 fully saturated rings. The molecule has 31 heavy (non-hydrogen) atoms. The quantitative estimate of drug-likeness (QED) is 0.301. The van der Waals surface area contributed by atoms with Crippen molar-refractivity contribution in [2.45, 2.75) is 53.4 Å². The maximum atomic E-state index is 5.73. The van der Waals surface area contributed by atoms with Crippen LogP contribution in [0.5, 0.6) is 0 Å². The lowest BCUT2D eigenvalue weighted by Gasteiger charge is -2.36. The van der Waals surface area contributed by atoms with Crippen molar-refractivity contribution in [1.82, 2.24) is 19.6 Å². The molecule has 2 aromatic rings. The number of benzene rings is 1. The van der Waals surface area contributed by atoms with E-state index in [0.29, 0.717) is 13.2 Å². The summed E-state index contributed by atoms with van der Waals surface area (Å²) >= 11 is 1.51. The first kappa shape index (κ1) is 25.8. The van der Waals surface area contributed by atoms with Crippen LogP contribution in [0.25, 0.3) is 0 Å². The summed E-state index contributed by atoms with van der Waals surface area (Å²) in [5.74, 6) is 1.92. The second-order valence-electron chi connectivity index (χ2n) is 7.67. The Morgan fingerprint density at radius 1 is 1.19 bits per heavy atom. The number of anilines is 1. The summed E-state index contributed by atoms with van der Waals surface area (Å²) < 4.78 is 10.1. The number of aliphatic imine (C=N–C) groups is 1. The molecule has 0 unspecified atom stereocenters. The van der Waals surface area contributed by atoms with Gasteiger partial charge in [0.2, 0.25) is 5.13 Å². The number of nitrogens with zero attached hydrogens (tertiary/aromatic N) is 5. The predicted octanol–water partition coefficient (Wildman–Crippen LogP) is 3.93. The maximum Gasteiger partial charge on any atom is 0.205 e. The number of guanidine groups is 1. The van der Waals surface area contributed by atoms with Gasteiger partial charge in [-0.25, -0.2) is 9.98 Å². The van der Waals surface area contributed by atoms with Crippen LogP contribution in [0.2, 0.25) is 0 Å². The topological polar surface area (TPSA) is 65.9 Å². The van der Waals surface area contributed by atoms with Gasteiger partial charge in [0.05, 0.1) is 19.3 Å². The number of ether oxygens (including phenoxy) is 1. The molecule has 1 aliphatic rings. The fraction of sp³-hybridized carbons (Fsp3) is 0.591. The molecule has 0 bridgehead atoms. The fourth-order valence-corrected chi connectivity index (χ4v) is 4.10. The standard InChI is InChI=1S/C22H34N6OS.HI/c1-5-20-25-22(30-26-20)28-12-10-27(11-13-28)21(23-6-2)24-15-18-8-7-9-19(14-18)16-29-17(3)4;/h7-9,14,17H,5-6,10-13,15-16H2,1-4H3,(H,23,24);1H. The molecule has 0 spiro atoms. The Hall–Kier alpha value is -1.46. The second-order valence-corrected chi connectivity index (χ2v) is 8.40. The van der Waals surface area contributed by atoms with Crippen LogP contribution in [0.4, 0.5) is 5.13 Å². The van der Waals surface area contributed by atoms with Crippen molar-refractivity contribution >= 4 is 46.6 Å². The molecule has 7 nitrogen and oxygen atoms in total. The highest BCUT2D eigenvalue weighted by atomic mass is 127. The van der Waals surface area contributed by atoms with Gasteiger partial charge < -0.3 is 19.9 Å². The van der Waals surface area contributed by atoms with Crippen molar-refractivity contribution in [3.63, 3.8) is 0 Å². The van der Waals surface area contributed by atoms with E-state index < -0.39 is 0 Å². The third-order valence-corrected chi connectivity index (χ3v) is 5.76. The molecule has 2 heterocycles. The van der Waals surface area contributed by atoms with Crippen molar-refractivity contribution in [1.29, 1.82) is 0 Å².